The van der Waals surface area contributed by atoms with Crippen molar-refractivity contribution in [3.05, 3.63) is 81.0 Å². The summed E-state index contributed by atoms with van der Waals surface area (Å²) in [6.07, 6.45) is 1.92. The van der Waals surface area contributed by atoms with Crippen molar-refractivity contribution in [2.75, 3.05) is 7.05 Å². The van der Waals surface area contributed by atoms with Crippen molar-refractivity contribution < 1.29 is 9.53 Å². The molecule has 0 radical (unpaired) electrons. The zero-order valence-corrected chi connectivity index (χ0v) is 18.1. The van der Waals surface area contributed by atoms with Crippen LogP contribution in [-0.2, 0) is 19.7 Å². The van der Waals surface area contributed by atoms with Crippen molar-refractivity contribution in [3.63, 3.8) is 0 Å². The van der Waals surface area contributed by atoms with Crippen LogP contribution in [0.5, 0.6) is 5.75 Å². The van der Waals surface area contributed by atoms with Gasteiger partial charge >= 0.3 is 0 Å². The molecule has 0 aliphatic carbocycles. The molecule has 1 heterocycles. The Morgan fingerprint density at radius 1 is 1.21 bits per heavy atom. The highest BCUT2D eigenvalue weighted by atomic mass is 79.9. The third-order valence-corrected chi connectivity index (χ3v) is 5.04. The smallest absolute Gasteiger partial charge is 0.253 e. The molecule has 2 aromatic carbocycles. The molecule has 0 fully saturated rings. The van der Waals surface area contributed by atoms with Gasteiger partial charge in [0.25, 0.3) is 5.91 Å². The van der Waals surface area contributed by atoms with E-state index in [9.17, 15) is 4.79 Å². The minimum Gasteiger partial charge on any atom is -0.487 e. The third kappa shape index (κ3) is 5.14. The maximum Gasteiger partial charge on any atom is 0.253 e. The molecular formula is C21H21BrClN3O2. The van der Waals surface area contributed by atoms with Gasteiger partial charge < -0.3 is 9.64 Å². The number of hydrogen-bond donors (Lipinski definition) is 0. The number of carbonyl (C=O) groups is 1. The summed E-state index contributed by atoms with van der Waals surface area (Å²) in [4.78, 5) is 14.3. The fourth-order valence-corrected chi connectivity index (χ4v) is 3.42. The first-order valence-electron chi connectivity index (χ1n) is 8.91. The van der Waals surface area contributed by atoms with Gasteiger partial charge in [-0.3, -0.25) is 9.48 Å². The number of hydrogen-bond acceptors (Lipinski definition) is 3. The minimum atomic E-state index is -0.0468. The molecule has 0 saturated carbocycles. The molecule has 5 nitrogen and oxygen atoms in total. The average Bonchev–Trinajstić information content (AvgIpc) is 3.14. The lowest BCUT2D eigenvalue weighted by atomic mass is 10.1. The molecule has 3 aromatic rings. The minimum absolute atomic E-state index is 0.0468. The number of amides is 1. The highest BCUT2D eigenvalue weighted by molar-refractivity contribution is 9.10. The summed E-state index contributed by atoms with van der Waals surface area (Å²) in [6, 6.07) is 14.8. The largest absolute Gasteiger partial charge is 0.487 e. The maximum atomic E-state index is 12.6. The van der Waals surface area contributed by atoms with E-state index in [4.69, 9.17) is 16.3 Å². The average molecular weight is 463 g/mol. The molecule has 0 unspecified atom stereocenters. The zero-order chi connectivity index (χ0) is 20.1. The quantitative estimate of drug-likeness (QED) is 0.487. The Morgan fingerprint density at radius 2 is 1.96 bits per heavy atom. The molecule has 0 atom stereocenters. The number of nitrogens with zero attached hydrogens (tertiary/aromatic N) is 3. The Balaban J connectivity index is 1.58. The second-order valence-corrected chi connectivity index (χ2v) is 7.71. The molecule has 0 N–H and O–H groups in total. The number of aryl methyl sites for hydroxylation is 1. The van der Waals surface area contributed by atoms with E-state index < -0.39 is 0 Å². The van der Waals surface area contributed by atoms with Crippen LogP contribution in [0.25, 0.3) is 0 Å². The van der Waals surface area contributed by atoms with Crippen molar-refractivity contribution in [1.29, 1.82) is 0 Å². The van der Waals surface area contributed by atoms with Crippen molar-refractivity contribution in [2.24, 2.45) is 0 Å². The summed E-state index contributed by atoms with van der Waals surface area (Å²) in [6.45, 7) is 3.69. The van der Waals surface area contributed by atoms with Crippen LogP contribution >= 0.6 is 27.5 Å². The van der Waals surface area contributed by atoms with Crippen LogP contribution in [0.4, 0.5) is 0 Å². The number of ether oxygens (including phenoxy) is 1. The number of aromatic nitrogens is 2. The maximum absolute atomic E-state index is 12.6. The number of carbonyl (C=O) groups excluding carboxylic acids is 1. The van der Waals surface area contributed by atoms with E-state index in [0.717, 1.165) is 22.3 Å². The number of halogens is 2. The van der Waals surface area contributed by atoms with Crippen LogP contribution < -0.4 is 4.74 Å². The molecule has 146 valence electrons. The second-order valence-electron chi connectivity index (χ2n) is 6.38. The zero-order valence-electron chi connectivity index (χ0n) is 15.7. The van der Waals surface area contributed by atoms with E-state index in [1.54, 1.807) is 18.0 Å². The molecular weight excluding hydrogens is 442 g/mol. The first-order chi connectivity index (χ1) is 13.5. The van der Waals surface area contributed by atoms with Gasteiger partial charge in [0.2, 0.25) is 0 Å². The van der Waals surface area contributed by atoms with Gasteiger partial charge in [0.1, 0.15) is 12.4 Å². The monoisotopic (exact) mass is 461 g/mol. The van der Waals surface area contributed by atoms with Gasteiger partial charge in [0.15, 0.2) is 0 Å². The topological polar surface area (TPSA) is 47.4 Å². The Kier molecular flexibility index (Phi) is 6.75. The summed E-state index contributed by atoms with van der Waals surface area (Å²) in [5.41, 5.74) is 2.46. The Morgan fingerprint density at radius 3 is 2.61 bits per heavy atom. The predicted molar refractivity (Wildman–Crippen MR) is 114 cm³/mol. The molecule has 0 aliphatic rings. The molecule has 28 heavy (non-hydrogen) atoms. The van der Waals surface area contributed by atoms with E-state index in [2.05, 4.69) is 21.0 Å². The van der Waals surface area contributed by atoms with Gasteiger partial charge in [0.05, 0.1) is 17.3 Å². The van der Waals surface area contributed by atoms with Crippen LogP contribution in [0, 0.1) is 0 Å². The molecule has 1 amide bonds. The van der Waals surface area contributed by atoms with E-state index in [-0.39, 0.29) is 5.91 Å². The fraction of sp³-hybridized carbons (Fsp3) is 0.238. The van der Waals surface area contributed by atoms with E-state index in [1.165, 1.54) is 0 Å². The van der Waals surface area contributed by atoms with Crippen LogP contribution in [0.15, 0.2) is 59.2 Å². The first-order valence-corrected chi connectivity index (χ1v) is 10.1. The third-order valence-electron chi connectivity index (χ3n) is 4.25. The van der Waals surface area contributed by atoms with Gasteiger partial charge in [0, 0.05) is 29.8 Å². The van der Waals surface area contributed by atoms with Gasteiger partial charge in [-0.1, -0.05) is 39.7 Å². The lowest BCUT2D eigenvalue weighted by Gasteiger charge is -2.16. The summed E-state index contributed by atoms with van der Waals surface area (Å²) in [5.74, 6) is 0.575. The molecule has 0 spiro atoms. The van der Waals surface area contributed by atoms with E-state index in [0.29, 0.717) is 29.5 Å². The van der Waals surface area contributed by atoms with Crippen LogP contribution in [0.2, 0.25) is 5.02 Å². The molecule has 0 saturated heterocycles. The van der Waals surface area contributed by atoms with E-state index in [1.807, 2.05) is 60.3 Å². The first kappa shape index (κ1) is 20.4. The number of rotatable bonds is 7. The second kappa shape index (κ2) is 9.26. The van der Waals surface area contributed by atoms with Crippen LogP contribution in [-0.4, -0.2) is 27.6 Å². The SMILES string of the molecule is CCn1ccc(CN(C)C(=O)c2ccc(COc3ccc(Br)cc3Cl)cc2)n1. The van der Waals surface area contributed by atoms with Gasteiger partial charge in [-0.05, 0) is 48.9 Å². The van der Waals surface area contributed by atoms with Crippen molar-refractivity contribution in [2.45, 2.75) is 26.6 Å². The van der Waals surface area contributed by atoms with E-state index >= 15 is 0 Å². The lowest BCUT2D eigenvalue weighted by molar-refractivity contribution is 0.0783. The summed E-state index contributed by atoms with van der Waals surface area (Å²) in [7, 11) is 1.78. The van der Waals surface area contributed by atoms with Gasteiger partial charge in [-0.25, -0.2) is 0 Å². The molecule has 7 heteroatoms. The Hall–Kier alpha value is -2.31. The number of benzene rings is 2. The van der Waals surface area contributed by atoms with Gasteiger partial charge in [-0.2, -0.15) is 5.10 Å². The molecule has 3 rings (SSSR count). The fourth-order valence-electron chi connectivity index (χ4n) is 2.70. The summed E-state index contributed by atoms with van der Waals surface area (Å²) < 4.78 is 8.51. The summed E-state index contributed by atoms with van der Waals surface area (Å²) in [5, 5.41) is 4.97. The van der Waals surface area contributed by atoms with Gasteiger partial charge in [-0.15, -0.1) is 0 Å². The molecule has 1 aromatic heterocycles. The standard InChI is InChI=1S/C21H21BrClN3O2/c1-3-26-11-10-18(24-26)13-25(2)21(27)16-6-4-15(5-7-16)14-28-20-9-8-17(22)12-19(20)23/h4-12H,3,13-14H2,1-2H3. The normalized spacial score (nSPS) is 10.7. The van der Waals surface area contributed by atoms with Crippen molar-refractivity contribution in [3.8, 4) is 5.75 Å². The highest BCUT2D eigenvalue weighted by Gasteiger charge is 2.13. The molecule has 0 bridgehead atoms. The van der Waals surface area contributed by atoms with Crippen LogP contribution in [0.1, 0.15) is 28.5 Å². The van der Waals surface area contributed by atoms with Crippen molar-refractivity contribution >= 4 is 33.4 Å². The van der Waals surface area contributed by atoms with Crippen molar-refractivity contribution in [1.82, 2.24) is 14.7 Å². The Labute approximate surface area is 178 Å². The lowest BCUT2D eigenvalue weighted by Crippen LogP contribution is -2.26. The predicted octanol–water partition coefficient (Wildman–Crippen LogP) is 5.17. The Bertz CT molecular complexity index is 957. The highest BCUT2D eigenvalue weighted by Crippen LogP contribution is 2.28. The summed E-state index contributed by atoms with van der Waals surface area (Å²) >= 11 is 9.53. The molecule has 0 aliphatic heterocycles. The van der Waals surface area contributed by atoms with Crippen LogP contribution in [0.3, 0.4) is 0 Å².